The van der Waals surface area contributed by atoms with Crippen molar-refractivity contribution in [2.45, 2.75) is 20.0 Å². The van der Waals surface area contributed by atoms with Gasteiger partial charge in [0.25, 0.3) is 0 Å². The maximum Gasteiger partial charge on any atom is 0.133 e. The van der Waals surface area contributed by atoms with Crippen LogP contribution in [0.15, 0.2) is 33.4 Å². The van der Waals surface area contributed by atoms with Crippen LogP contribution in [0.1, 0.15) is 16.7 Å². The van der Waals surface area contributed by atoms with E-state index in [-0.39, 0.29) is 0 Å². The minimum absolute atomic E-state index is 0.859. The summed E-state index contributed by atoms with van der Waals surface area (Å²) >= 11 is 5.25. The number of hydrogen-bond donors (Lipinski definition) is 1. The Kier molecular flexibility index (Phi) is 4.80. The van der Waals surface area contributed by atoms with Gasteiger partial charge in [0.15, 0.2) is 0 Å². The van der Waals surface area contributed by atoms with Gasteiger partial charge in [-0.05, 0) is 62.4 Å². The van der Waals surface area contributed by atoms with Crippen molar-refractivity contribution in [3.05, 3.63) is 50.1 Å². The summed E-state index contributed by atoms with van der Waals surface area (Å²) in [5, 5.41) is 7.84. The zero-order valence-corrected chi connectivity index (χ0v) is 12.9. The minimum Gasteiger partial charge on any atom is -0.496 e. The molecule has 0 fully saturated rings. The number of benzene rings is 1. The van der Waals surface area contributed by atoms with E-state index < -0.39 is 0 Å². The molecule has 0 aliphatic carbocycles. The Labute approximate surface area is 120 Å². The van der Waals surface area contributed by atoms with Crippen LogP contribution in [0.5, 0.6) is 5.75 Å². The van der Waals surface area contributed by atoms with Crippen molar-refractivity contribution in [3.8, 4) is 5.75 Å². The van der Waals surface area contributed by atoms with E-state index in [1.165, 1.54) is 16.7 Å². The molecule has 1 heterocycles. The summed E-state index contributed by atoms with van der Waals surface area (Å²) in [6.45, 7) is 3.92. The quantitative estimate of drug-likeness (QED) is 0.892. The molecule has 0 spiro atoms. The van der Waals surface area contributed by atoms with E-state index in [2.05, 4.69) is 51.1 Å². The number of hydrogen-bond acceptors (Lipinski definition) is 3. The van der Waals surface area contributed by atoms with Crippen molar-refractivity contribution in [3.63, 3.8) is 0 Å². The van der Waals surface area contributed by atoms with Gasteiger partial charge >= 0.3 is 0 Å². The van der Waals surface area contributed by atoms with Crippen molar-refractivity contribution in [1.29, 1.82) is 0 Å². The second-order valence-corrected chi connectivity index (χ2v) is 5.75. The highest BCUT2D eigenvalue weighted by Crippen LogP contribution is 2.25. The Balaban J connectivity index is 1.91. The molecule has 0 radical (unpaired) electrons. The molecular weight excluding hydrogens is 310 g/mol. The largest absolute Gasteiger partial charge is 0.496 e. The van der Waals surface area contributed by atoms with E-state index in [1.54, 1.807) is 18.4 Å². The Morgan fingerprint density at radius 1 is 1.28 bits per heavy atom. The summed E-state index contributed by atoms with van der Waals surface area (Å²) in [5.41, 5.74) is 3.99. The molecule has 18 heavy (non-hydrogen) atoms. The Hall–Kier alpha value is -0.840. The highest BCUT2D eigenvalue weighted by atomic mass is 79.9. The van der Waals surface area contributed by atoms with Gasteiger partial charge in [-0.2, -0.15) is 11.3 Å². The Bertz CT molecular complexity index is 524. The maximum atomic E-state index is 5.21. The number of methoxy groups -OCH3 is 1. The number of halogens is 1. The van der Waals surface area contributed by atoms with E-state index in [1.807, 2.05) is 6.07 Å². The number of ether oxygens (including phenoxy) is 1. The van der Waals surface area contributed by atoms with Crippen LogP contribution in [0.3, 0.4) is 0 Å². The molecule has 0 saturated carbocycles. The molecule has 0 amide bonds. The highest BCUT2D eigenvalue weighted by Gasteiger charge is 2.02. The van der Waals surface area contributed by atoms with Gasteiger partial charge < -0.3 is 10.1 Å². The first-order valence-electron chi connectivity index (χ1n) is 5.75. The lowest BCUT2D eigenvalue weighted by Crippen LogP contribution is -2.12. The maximum absolute atomic E-state index is 5.21. The van der Waals surface area contributed by atoms with Crippen molar-refractivity contribution < 1.29 is 4.74 Å². The van der Waals surface area contributed by atoms with Crippen LogP contribution in [-0.4, -0.2) is 7.11 Å². The van der Waals surface area contributed by atoms with Gasteiger partial charge in [-0.15, -0.1) is 0 Å². The Morgan fingerprint density at radius 2 is 2.11 bits per heavy atom. The average Bonchev–Trinajstić information content (AvgIpc) is 2.75. The molecule has 0 aliphatic heterocycles. The molecular formula is C14H16BrNOS. The van der Waals surface area contributed by atoms with Crippen LogP contribution in [0.4, 0.5) is 0 Å². The summed E-state index contributed by atoms with van der Waals surface area (Å²) in [6.07, 6.45) is 0. The van der Waals surface area contributed by atoms with Crippen molar-refractivity contribution in [2.75, 3.05) is 7.11 Å². The highest BCUT2D eigenvalue weighted by molar-refractivity contribution is 9.10. The predicted octanol–water partition coefficient (Wildman–Crippen LogP) is 4.12. The van der Waals surface area contributed by atoms with Gasteiger partial charge in [0.2, 0.25) is 0 Å². The first-order valence-corrected chi connectivity index (χ1v) is 7.49. The molecule has 2 aromatic rings. The molecule has 2 rings (SSSR count). The van der Waals surface area contributed by atoms with E-state index in [0.29, 0.717) is 0 Å². The summed E-state index contributed by atoms with van der Waals surface area (Å²) in [6, 6.07) is 6.15. The minimum atomic E-state index is 0.859. The van der Waals surface area contributed by atoms with E-state index in [0.717, 1.165) is 23.3 Å². The summed E-state index contributed by atoms with van der Waals surface area (Å²) in [5.74, 6) is 0.868. The van der Waals surface area contributed by atoms with Gasteiger partial charge in [-0.3, -0.25) is 0 Å². The third-order valence-electron chi connectivity index (χ3n) is 2.82. The first kappa shape index (κ1) is 13.6. The molecule has 1 aromatic heterocycles. The SMILES string of the molecule is COc1ccc(CNCc2cscc2C)cc1Br. The molecule has 2 nitrogen and oxygen atoms in total. The molecule has 1 aromatic carbocycles. The second kappa shape index (κ2) is 6.36. The fourth-order valence-corrected chi connectivity index (χ4v) is 3.17. The number of nitrogens with one attached hydrogen (secondary N) is 1. The summed E-state index contributed by atoms with van der Waals surface area (Å²) in [4.78, 5) is 0. The first-order chi connectivity index (χ1) is 8.70. The smallest absolute Gasteiger partial charge is 0.133 e. The van der Waals surface area contributed by atoms with Gasteiger partial charge in [-0.1, -0.05) is 6.07 Å². The molecule has 0 aliphatic rings. The second-order valence-electron chi connectivity index (χ2n) is 4.15. The summed E-state index contributed by atoms with van der Waals surface area (Å²) < 4.78 is 6.21. The third-order valence-corrected chi connectivity index (χ3v) is 4.35. The lowest BCUT2D eigenvalue weighted by Gasteiger charge is -2.08. The van der Waals surface area contributed by atoms with Crippen LogP contribution in [0.25, 0.3) is 0 Å². The Morgan fingerprint density at radius 3 is 2.72 bits per heavy atom. The zero-order valence-electron chi connectivity index (χ0n) is 10.5. The standard InChI is InChI=1S/C14H16BrNOS/c1-10-8-18-9-12(10)7-16-6-11-3-4-14(17-2)13(15)5-11/h3-5,8-9,16H,6-7H2,1-2H3. The summed E-state index contributed by atoms with van der Waals surface area (Å²) in [7, 11) is 1.68. The van der Waals surface area contributed by atoms with Crippen LogP contribution in [-0.2, 0) is 13.1 Å². The molecule has 0 bridgehead atoms. The average molecular weight is 326 g/mol. The zero-order chi connectivity index (χ0) is 13.0. The molecule has 4 heteroatoms. The van der Waals surface area contributed by atoms with Gasteiger partial charge in [0, 0.05) is 13.1 Å². The fourth-order valence-electron chi connectivity index (χ4n) is 1.73. The molecule has 0 saturated heterocycles. The number of thiophene rings is 1. The normalized spacial score (nSPS) is 10.6. The number of aryl methyl sites for hydroxylation is 1. The number of rotatable bonds is 5. The van der Waals surface area contributed by atoms with Gasteiger partial charge in [0.05, 0.1) is 11.6 Å². The van der Waals surface area contributed by atoms with Crippen molar-refractivity contribution >= 4 is 27.3 Å². The van der Waals surface area contributed by atoms with Crippen LogP contribution < -0.4 is 10.1 Å². The molecule has 0 unspecified atom stereocenters. The predicted molar refractivity (Wildman–Crippen MR) is 80.3 cm³/mol. The van der Waals surface area contributed by atoms with E-state index in [9.17, 15) is 0 Å². The third kappa shape index (κ3) is 3.34. The topological polar surface area (TPSA) is 21.3 Å². The van der Waals surface area contributed by atoms with E-state index in [4.69, 9.17) is 4.74 Å². The van der Waals surface area contributed by atoms with Crippen LogP contribution >= 0.6 is 27.3 Å². The lowest BCUT2D eigenvalue weighted by molar-refractivity contribution is 0.412. The van der Waals surface area contributed by atoms with Gasteiger partial charge in [-0.25, -0.2) is 0 Å². The van der Waals surface area contributed by atoms with Crippen LogP contribution in [0, 0.1) is 6.92 Å². The van der Waals surface area contributed by atoms with Gasteiger partial charge in [0.1, 0.15) is 5.75 Å². The fraction of sp³-hybridized carbons (Fsp3) is 0.286. The molecule has 96 valence electrons. The molecule has 1 N–H and O–H groups in total. The van der Waals surface area contributed by atoms with E-state index >= 15 is 0 Å². The monoisotopic (exact) mass is 325 g/mol. The van der Waals surface area contributed by atoms with Crippen molar-refractivity contribution in [1.82, 2.24) is 5.32 Å². The lowest BCUT2D eigenvalue weighted by atomic mass is 10.2. The van der Waals surface area contributed by atoms with Crippen molar-refractivity contribution in [2.24, 2.45) is 0 Å². The molecule has 0 atom stereocenters. The van der Waals surface area contributed by atoms with Crippen LogP contribution in [0.2, 0.25) is 0 Å².